The lowest BCUT2D eigenvalue weighted by atomic mass is 10.0. The molecule has 1 aromatic carbocycles. The first-order valence-electron chi connectivity index (χ1n) is 7.53. The van der Waals surface area contributed by atoms with Crippen molar-refractivity contribution in [3.63, 3.8) is 0 Å². The zero-order valence-corrected chi connectivity index (χ0v) is 12.7. The van der Waals surface area contributed by atoms with Crippen LogP contribution >= 0.6 is 0 Å². The summed E-state index contributed by atoms with van der Waals surface area (Å²) >= 11 is 0. The predicted molar refractivity (Wildman–Crippen MR) is 81.0 cm³/mol. The number of carbonyl (C=O) groups excluding carboxylic acids is 1. The van der Waals surface area contributed by atoms with Crippen molar-refractivity contribution in [2.24, 2.45) is 0 Å². The largest absolute Gasteiger partial charge is 0.353 e. The number of anilines is 1. The average molecular weight is 336 g/mol. The second-order valence-corrected chi connectivity index (χ2v) is 5.56. The van der Waals surface area contributed by atoms with Gasteiger partial charge in [0, 0.05) is 25.3 Å². The minimum absolute atomic E-state index is 0.324. The highest BCUT2D eigenvalue weighted by Crippen LogP contribution is 2.19. The molecule has 1 atom stereocenters. The summed E-state index contributed by atoms with van der Waals surface area (Å²) in [5.41, 5.74) is -0.897. The number of nitrogens with one attached hydrogen (secondary N) is 1. The third-order valence-corrected chi connectivity index (χ3v) is 3.91. The van der Waals surface area contributed by atoms with Gasteiger partial charge in [0.15, 0.2) is 17.5 Å². The van der Waals surface area contributed by atoms with Crippen LogP contribution in [0.5, 0.6) is 0 Å². The van der Waals surface area contributed by atoms with Gasteiger partial charge >= 0.3 is 0 Å². The van der Waals surface area contributed by atoms with E-state index in [0.29, 0.717) is 24.8 Å². The van der Waals surface area contributed by atoms with Crippen LogP contribution in [-0.4, -0.2) is 35.2 Å². The van der Waals surface area contributed by atoms with Gasteiger partial charge < -0.3 is 10.2 Å². The molecule has 0 unspecified atom stereocenters. The zero-order valence-electron chi connectivity index (χ0n) is 12.7. The highest BCUT2D eigenvalue weighted by Gasteiger charge is 2.26. The van der Waals surface area contributed by atoms with E-state index < -0.39 is 28.9 Å². The maximum atomic E-state index is 13.7. The molecule has 2 heterocycles. The summed E-state index contributed by atoms with van der Waals surface area (Å²) in [7, 11) is 0. The SMILES string of the molecule is O=C(N[C@H]1CCCN(c2cccnn2)C1)c1c(F)ccc(F)c1F. The molecule has 0 bridgehead atoms. The van der Waals surface area contributed by atoms with Gasteiger partial charge in [0.25, 0.3) is 5.91 Å². The van der Waals surface area contributed by atoms with Gasteiger partial charge in [-0.3, -0.25) is 4.79 Å². The van der Waals surface area contributed by atoms with Crippen molar-refractivity contribution >= 4 is 11.7 Å². The monoisotopic (exact) mass is 336 g/mol. The van der Waals surface area contributed by atoms with Crippen LogP contribution in [0, 0.1) is 17.5 Å². The summed E-state index contributed by atoms with van der Waals surface area (Å²) in [5.74, 6) is -4.12. The first kappa shape index (κ1) is 16.2. The third kappa shape index (κ3) is 3.32. The lowest BCUT2D eigenvalue weighted by Gasteiger charge is -2.33. The molecule has 5 nitrogen and oxygen atoms in total. The fourth-order valence-corrected chi connectivity index (χ4v) is 2.76. The molecule has 3 rings (SSSR count). The molecule has 2 aromatic rings. The molecule has 126 valence electrons. The maximum absolute atomic E-state index is 13.7. The number of piperidine rings is 1. The number of hydrogen-bond acceptors (Lipinski definition) is 4. The van der Waals surface area contributed by atoms with Crippen LogP contribution in [0.1, 0.15) is 23.2 Å². The number of halogens is 3. The fraction of sp³-hybridized carbons (Fsp3) is 0.312. The van der Waals surface area contributed by atoms with Gasteiger partial charge in [-0.05, 0) is 37.1 Å². The summed E-state index contributed by atoms with van der Waals surface area (Å²) in [6.07, 6.45) is 2.99. The molecule has 1 fully saturated rings. The fourth-order valence-electron chi connectivity index (χ4n) is 2.76. The van der Waals surface area contributed by atoms with Gasteiger partial charge in [0.05, 0.1) is 0 Å². The highest BCUT2D eigenvalue weighted by atomic mass is 19.2. The van der Waals surface area contributed by atoms with E-state index in [1.807, 2.05) is 4.90 Å². The Morgan fingerprint density at radius 2 is 2.00 bits per heavy atom. The molecule has 1 aliphatic heterocycles. The number of benzene rings is 1. The molecule has 0 spiro atoms. The van der Waals surface area contributed by atoms with E-state index in [9.17, 15) is 18.0 Å². The van der Waals surface area contributed by atoms with Crippen LogP contribution in [0.25, 0.3) is 0 Å². The lowest BCUT2D eigenvalue weighted by molar-refractivity contribution is 0.0923. The minimum atomic E-state index is -1.48. The van der Waals surface area contributed by atoms with Gasteiger partial charge in [-0.15, -0.1) is 5.10 Å². The second-order valence-electron chi connectivity index (χ2n) is 5.56. The van der Waals surface area contributed by atoms with E-state index in [1.165, 1.54) is 0 Å². The van der Waals surface area contributed by atoms with Gasteiger partial charge in [-0.25, -0.2) is 13.2 Å². The Kier molecular flexibility index (Phi) is 4.64. The Bertz CT molecular complexity index is 742. The molecule has 0 radical (unpaired) electrons. The first-order valence-corrected chi connectivity index (χ1v) is 7.53. The Labute approximate surface area is 136 Å². The smallest absolute Gasteiger partial charge is 0.257 e. The summed E-state index contributed by atoms with van der Waals surface area (Å²) in [5, 5.41) is 10.4. The maximum Gasteiger partial charge on any atom is 0.257 e. The summed E-state index contributed by atoms with van der Waals surface area (Å²) in [6, 6.07) is 4.61. The summed E-state index contributed by atoms with van der Waals surface area (Å²) in [4.78, 5) is 14.1. The Hall–Kier alpha value is -2.64. The van der Waals surface area contributed by atoms with Crippen molar-refractivity contribution in [3.8, 4) is 0 Å². The van der Waals surface area contributed by atoms with Crippen molar-refractivity contribution in [2.45, 2.75) is 18.9 Å². The molecule has 1 N–H and O–H groups in total. The van der Waals surface area contributed by atoms with Crippen molar-refractivity contribution < 1.29 is 18.0 Å². The molecule has 1 aromatic heterocycles. The average Bonchev–Trinajstić information content (AvgIpc) is 2.59. The molecule has 0 saturated carbocycles. The zero-order chi connectivity index (χ0) is 17.1. The van der Waals surface area contributed by atoms with Crippen LogP contribution in [0.15, 0.2) is 30.5 Å². The standard InChI is InChI=1S/C16H15F3N4O/c17-11-5-6-12(18)15(19)14(11)16(24)21-10-3-2-8-23(9-10)13-4-1-7-20-22-13/h1,4-7,10H,2-3,8-9H2,(H,21,24)/t10-/m0/s1. The van der Waals surface area contributed by atoms with Gasteiger partial charge in [0.1, 0.15) is 11.4 Å². The molecule has 1 aliphatic rings. The van der Waals surface area contributed by atoms with Gasteiger partial charge in [-0.1, -0.05) is 0 Å². The number of amides is 1. The molecule has 8 heteroatoms. The highest BCUT2D eigenvalue weighted by molar-refractivity contribution is 5.95. The number of rotatable bonds is 3. The van der Waals surface area contributed by atoms with E-state index in [-0.39, 0.29) is 6.04 Å². The van der Waals surface area contributed by atoms with E-state index in [2.05, 4.69) is 15.5 Å². The molecule has 24 heavy (non-hydrogen) atoms. The van der Waals surface area contributed by atoms with Crippen molar-refractivity contribution in [1.29, 1.82) is 0 Å². The Morgan fingerprint density at radius 3 is 2.75 bits per heavy atom. The van der Waals surface area contributed by atoms with Crippen LogP contribution in [-0.2, 0) is 0 Å². The van der Waals surface area contributed by atoms with E-state index >= 15 is 0 Å². The Balaban J connectivity index is 1.72. The second kappa shape index (κ2) is 6.86. The number of carbonyl (C=O) groups is 1. The summed E-state index contributed by atoms with van der Waals surface area (Å²) < 4.78 is 40.6. The molecular formula is C16H15F3N4O. The van der Waals surface area contributed by atoms with Crippen LogP contribution in [0.3, 0.4) is 0 Å². The van der Waals surface area contributed by atoms with Crippen molar-refractivity contribution in [3.05, 3.63) is 53.5 Å². The van der Waals surface area contributed by atoms with Crippen LogP contribution in [0.2, 0.25) is 0 Å². The quantitative estimate of drug-likeness (QED) is 0.874. The number of nitrogens with zero attached hydrogens (tertiary/aromatic N) is 3. The van der Waals surface area contributed by atoms with Crippen molar-refractivity contribution in [1.82, 2.24) is 15.5 Å². The molecular weight excluding hydrogens is 321 g/mol. The normalized spacial score (nSPS) is 17.6. The number of aromatic nitrogens is 2. The lowest BCUT2D eigenvalue weighted by Crippen LogP contribution is -2.48. The topological polar surface area (TPSA) is 58.1 Å². The predicted octanol–water partition coefficient (Wildman–Crippen LogP) is 2.29. The first-order chi connectivity index (χ1) is 11.6. The van der Waals surface area contributed by atoms with Gasteiger partial charge in [0.2, 0.25) is 0 Å². The third-order valence-electron chi connectivity index (χ3n) is 3.91. The number of hydrogen-bond donors (Lipinski definition) is 1. The molecule has 1 saturated heterocycles. The van der Waals surface area contributed by atoms with E-state index in [1.54, 1.807) is 18.3 Å². The minimum Gasteiger partial charge on any atom is -0.353 e. The molecule has 0 aliphatic carbocycles. The van der Waals surface area contributed by atoms with Crippen molar-refractivity contribution in [2.75, 3.05) is 18.0 Å². The van der Waals surface area contributed by atoms with Gasteiger partial charge in [-0.2, -0.15) is 5.10 Å². The van der Waals surface area contributed by atoms with E-state index in [0.717, 1.165) is 19.0 Å². The van der Waals surface area contributed by atoms with Crippen LogP contribution < -0.4 is 10.2 Å². The molecule has 1 amide bonds. The van der Waals surface area contributed by atoms with Crippen LogP contribution in [0.4, 0.5) is 19.0 Å². The van der Waals surface area contributed by atoms with E-state index in [4.69, 9.17) is 0 Å². The summed E-state index contributed by atoms with van der Waals surface area (Å²) in [6.45, 7) is 1.18. The Morgan fingerprint density at radius 1 is 1.21 bits per heavy atom.